The van der Waals surface area contributed by atoms with Gasteiger partial charge in [0.15, 0.2) is 11.5 Å². The molecule has 1 aliphatic carbocycles. The van der Waals surface area contributed by atoms with Crippen LogP contribution in [0.2, 0.25) is 5.02 Å². The fourth-order valence-corrected chi connectivity index (χ4v) is 3.64. The highest BCUT2D eigenvalue weighted by Gasteiger charge is 2.29. The molecule has 0 bridgehead atoms. The summed E-state index contributed by atoms with van der Waals surface area (Å²) in [4.78, 5) is 13.3. The predicted octanol–water partition coefficient (Wildman–Crippen LogP) is 4.30. The summed E-state index contributed by atoms with van der Waals surface area (Å²) >= 11 is 7.70. The number of halogens is 1. The molecule has 0 saturated heterocycles. The molecule has 1 amide bonds. The zero-order valence-electron chi connectivity index (χ0n) is 11.7. The summed E-state index contributed by atoms with van der Waals surface area (Å²) < 4.78 is 11.0. The molecule has 4 rings (SSSR count). The molecule has 1 N–H and O–H groups in total. The van der Waals surface area contributed by atoms with Gasteiger partial charge in [-0.25, -0.2) is 0 Å². The van der Waals surface area contributed by atoms with E-state index >= 15 is 0 Å². The number of benzene rings is 1. The van der Waals surface area contributed by atoms with Gasteiger partial charge in [0.2, 0.25) is 0 Å². The predicted molar refractivity (Wildman–Crippen MR) is 86.7 cm³/mol. The lowest BCUT2D eigenvalue weighted by Crippen LogP contribution is -2.17. The average Bonchev–Trinajstić information content (AvgIpc) is 3.24. The molecule has 114 valence electrons. The van der Waals surface area contributed by atoms with Gasteiger partial charge in [-0.05, 0) is 35.8 Å². The van der Waals surface area contributed by atoms with Crippen LogP contribution in [0.3, 0.4) is 0 Å². The van der Waals surface area contributed by atoms with Crippen LogP contribution in [-0.2, 0) is 0 Å². The number of hydrogen-bond acceptors (Lipinski definition) is 4. The van der Waals surface area contributed by atoms with E-state index in [4.69, 9.17) is 21.1 Å². The number of fused-ring (bicyclic) bond motifs is 1. The molecule has 2 aliphatic rings. The van der Waals surface area contributed by atoms with Crippen molar-refractivity contribution in [3.8, 4) is 11.5 Å². The van der Waals surface area contributed by atoms with E-state index in [1.807, 2.05) is 11.4 Å². The molecule has 1 aromatic carbocycles. The van der Waals surface area contributed by atoms with E-state index in [-0.39, 0.29) is 5.91 Å². The van der Waals surface area contributed by atoms with Crippen LogP contribution in [0.5, 0.6) is 11.5 Å². The monoisotopic (exact) mass is 335 g/mol. The second-order valence-electron chi connectivity index (χ2n) is 5.41. The van der Waals surface area contributed by atoms with E-state index in [0.717, 1.165) is 10.4 Å². The summed E-state index contributed by atoms with van der Waals surface area (Å²) in [6, 6.07) is 5.45. The third-order valence-corrected chi connectivity index (χ3v) is 5.04. The molecule has 0 spiro atoms. The van der Waals surface area contributed by atoms with Gasteiger partial charge in [0, 0.05) is 12.1 Å². The van der Waals surface area contributed by atoms with Crippen LogP contribution in [0.1, 0.15) is 34.0 Å². The Labute approximate surface area is 137 Å². The van der Waals surface area contributed by atoms with Crippen LogP contribution in [0, 0.1) is 0 Å². The number of ether oxygens (including phenoxy) is 2. The first-order valence-corrected chi connectivity index (χ1v) is 8.46. The fraction of sp³-hybridized carbons (Fsp3) is 0.312. The van der Waals surface area contributed by atoms with Gasteiger partial charge < -0.3 is 14.8 Å². The molecular formula is C16H14ClNO3S. The van der Waals surface area contributed by atoms with Crippen molar-refractivity contribution in [2.24, 2.45) is 0 Å². The Morgan fingerprint density at radius 2 is 1.95 bits per heavy atom. The minimum Gasteiger partial charge on any atom is -0.486 e. The molecule has 22 heavy (non-hydrogen) atoms. The van der Waals surface area contributed by atoms with Crippen molar-refractivity contribution < 1.29 is 14.3 Å². The first kappa shape index (κ1) is 13.9. The molecule has 1 saturated carbocycles. The molecule has 4 nitrogen and oxygen atoms in total. The Morgan fingerprint density at radius 3 is 2.68 bits per heavy atom. The number of anilines is 1. The van der Waals surface area contributed by atoms with Crippen LogP contribution < -0.4 is 14.8 Å². The van der Waals surface area contributed by atoms with E-state index in [9.17, 15) is 4.79 Å². The molecular weight excluding hydrogens is 322 g/mol. The number of rotatable bonds is 3. The SMILES string of the molecule is O=C(Nc1cc2c(cc1Cl)OCCO2)c1sccc1C1CC1. The molecule has 1 aromatic heterocycles. The summed E-state index contributed by atoms with van der Waals surface area (Å²) in [5.41, 5.74) is 1.70. The van der Waals surface area contributed by atoms with Gasteiger partial charge in [-0.1, -0.05) is 11.6 Å². The number of nitrogens with one attached hydrogen (secondary N) is 1. The second-order valence-corrected chi connectivity index (χ2v) is 6.73. The number of carbonyl (C=O) groups excluding carboxylic acids is 1. The highest BCUT2D eigenvalue weighted by Crippen LogP contribution is 2.44. The van der Waals surface area contributed by atoms with E-state index < -0.39 is 0 Å². The van der Waals surface area contributed by atoms with Crippen molar-refractivity contribution in [1.29, 1.82) is 0 Å². The number of hydrogen-bond donors (Lipinski definition) is 1. The Hall–Kier alpha value is -1.72. The van der Waals surface area contributed by atoms with Gasteiger partial charge in [-0.15, -0.1) is 11.3 Å². The normalized spacial score (nSPS) is 16.4. The van der Waals surface area contributed by atoms with Crippen molar-refractivity contribution >= 4 is 34.5 Å². The first-order valence-electron chi connectivity index (χ1n) is 7.20. The standard InChI is InChI=1S/C16H14ClNO3S/c17-11-7-13-14(21-5-4-20-13)8-12(11)18-16(19)15-10(3-6-22-15)9-1-2-9/h3,6-9H,1-2,4-5H2,(H,18,19). The maximum Gasteiger partial charge on any atom is 0.266 e. The maximum absolute atomic E-state index is 12.5. The van der Waals surface area contributed by atoms with Gasteiger partial charge in [0.05, 0.1) is 15.6 Å². The van der Waals surface area contributed by atoms with Gasteiger partial charge in [-0.3, -0.25) is 4.79 Å². The summed E-state index contributed by atoms with van der Waals surface area (Å²) in [6.07, 6.45) is 2.34. The Balaban J connectivity index is 1.60. The van der Waals surface area contributed by atoms with Gasteiger partial charge in [0.25, 0.3) is 5.91 Å². The zero-order chi connectivity index (χ0) is 15.1. The van der Waals surface area contributed by atoms with E-state index in [1.165, 1.54) is 24.2 Å². The Morgan fingerprint density at radius 1 is 1.23 bits per heavy atom. The zero-order valence-corrected chi connectivity index (χ0v) is 13.3. The topological polar surface area (TPSA) is 47.6 Å². The third kappa shape index (κ3) is 2.55. The minimum absolute atomic E-state index is 0.115. The van der Waals surface area contributed by atoms with E-state index in [1.54, 1.807) is 12.1 Å². The number of carbonyl (C=O) groups is 1. The highest BCUT2D eigenvalue weighted by atomic mass is 35.5. The smallest absolute Gasteiger partial charge is 0.266 e. The molecule has 0 radical (unpaired) electrons. The van der Waals surface area contributed by atoms with Crippen molar-refractivity contribution in [3.63, 3.8) is 0 Å². The van der Waals surface area contributed by atoms with Crippen LogP contribution in [-0.4, -0.2) is 19.1 Å². The maximum atomic E-state index is 12.5. The fourth-order valence-electron chi connectivity index (χ4n) is 2.56. The summed E-state index contributed by atoms with van der Waals surface area (Å²) in [5.74, 6) is 1.65. The second kappa shape index (κ2) is 5.48. The molecule has 0 unspecified atom stereocenters. The van der Waals surface area contributed by atoms with E-state index in [2.05, 4.69) is 5.32 Å². The summed E-state index contributed by atoms with van der Waals surface area (Å²) in [5, 5.41) is 5.30. The quantitative estimate of drug-likeness (QED) is 0.909. The van der Waals surface area contributed by atoms with E-state index in [0.29, 0.717) is 41.3 Å². The molecule has 1 aliphatic heterocycles. The number of thiophene rings is 1. The van der Waals surface area contributed by atoms with Crippen molar-refractivity contribution in [3.05, 3.63) is 39.0 Å². The third-order valence-electron chi connectivity index (χ3n) is 3.80. The molecule has 2 heterocycles. The largest absolute Gasteiger partial charge is 0.486 e. The lowest BCUT2D eigenvalue weighted by Gasteiger charge is -2.20. The van der Waals surface area contributed by atoms with Gasteiger partial charge in [-0.2, -0.15) is 0 Å². The highest BCUT2D eigenvalue weighted by molar-refractivity contribution is 7.12. The van der Waals surface area contributed by atoms with Crippen LogP contribution in [0.15, 0.2) is 23.6 Å². The lowest BCUT2D eigenvalue weighted by molar-refractivity contribution is 0.102. The molecule has 6 heteroatoms. The minimum atomic E-state index is -0.115. The van der Waals surface area contributed by atoms with Crippen LogP contribution in [0.4, 0.5) is 5.69 Å². The molecule has 1 fully saturated rings. The summed E-state index contributed by atoms with van der Waals surface area (Å²) in [6.45, 7) is 1.01. The first-order chi connectivity index (χ1) is 10.7. The Bertz CT molecular complexity index is 739. The molecule has 2 aromatic rings. The van der Waals surface area contributed by atoms with Crippen molar-refractivity contribution in [1.82, 2.24) is 0 Å². The van der Waals surface area contributed by atoms with Crippen molar-refractivity contribution in [2.45, 2.75) is 18.8 Å². The number of amides is 1. The molecule has 0 atom stereocenters. The van der Waals surface area contributed by atoms with Gasteiger partial charge in [0.1, 0.15) is 13.2 Å². The van der Waals surface area contributed by atoms with Crippen molar-refractivity contribution in [2.75, 3.05) is 18.5 Å². The van der Waals surface area contributed by atoms with Crippen LogP contribution in [0.25, 0.3) is 0 Å². The summed E-state index contributed by atoms with van der Waals surface area (Å²) in [7, 11) is 0. The van der Waals surface area contributed by atoms with Crippen LogP contribution >= 0.6 is 22.9 Å². The average molecular weight is 336 g/mol. The lowest BCUT2D eigenvalue weighted by atomic mass is 10.1. The van der Waals surface area contributed by atoms with Gasteiger partial charge >= 0.3 is 0 Å². The Kier molecular flexibility index (Phi) is 3.47.